The Balaban J connectivity index is 0.00000162. The van der Waals surface area contributed by atoms with Gasteiger partial charge >= 0.3 is 0 Å². The van der Waals surface area contributed by atoms with Gasteiger partial charge in [0.15, 0.2) is 0 Å². The van der Waals surface area contributed by atoms with Gasteiger partial charge in [0.25, 0.3) is 0 Å². The van der Waals surface area contributed by atoms with E-state index in [4.69, 9.17) is 10.5 Å². The van der Waals surface area contributed by atoms with Gasteiger partial charge in [-0.05, 0) is 30.2 Å². The van der Waals surface area contributed by atoms with E-state index in [-0.39, 0.29) is 30.0 Å². The largest absolute Gasteiger partial charge is 0.508 e. The first-order valence-electron chi connectivity index (χ1n) is 6.16. The van der Waals surface area contributed by atoms with Gasteiger partial charge in [0.2, 0.25) is 0 Å². The zero-order chi connectivity index (χ0) is 12.6. The summed E-state index contributed by atoms with van der Waals surface area (Å²) < 4.78 is 5.73. The number of hydrogen-bond acceptors (Lipinski definition) is 3. The van der Waals surface area contributed by atoms with Crippen LogP contribution in [-0.2, 0) is 16.6 Å². The normalized spacial score (nSPS) is 25.1. The molecule has 0 bridgehead atoms. The minimum atomic E-state index is -0.174. The van der Waals surface area contributed by atoms with E-state index in [1.54, 1.807) is 6.07 Å². The topological polar surface area (TPSA) is 55.5 Å². The number of fused-ring (bicyclic) bond motifs is 1. The van der Waals surface area contributed by atoms with Crippen molar-refractivity contribution in [2.45, 2.75) is 44.8 Å². The van der Waals surface area contributed by atoms with Crippen LogP contribution in [0.1, 0.15) is 31.9 Å². The molecule has 0 heterocycles. The van der Waals surface area contributed by atoms with Crippen LogP contribution in [0, 0.1) is 0 Å². The number of nitrogens with two attached hydrogens (primary N) is 1. The SMILES string of the molecule is CCO[C@@H]1Cc2ccc(O)cc2C(C)(C)[C@H]1N.Cl. The van der Waals surface area contributed by atoms with E-state index >= 15 is 0 Å². The van der Waals surface area contributed by atoms with Gasteiger partial charge in [-0.1, -0.05) is 19.9 Å². The Morgan fingerprint density at radius 1 is 1.44 bits per heavy atom. The molecule has 3 nitrogen and oxygen atoms in total. The van der Waals surface area contributed by atoms with Crippen molar-refractivity contribution in [3.8, 4) is 5.75 Å². The summed E-state index contributed by atoms with van der Waals surface area (Å²) >= 11 is 0. The van der Waals surface area contributed by atoms with Gasteiger partial charge in [-0.25, -0.2) is 0 Å². The van der Waals surface area contributed by atoms with E-state index in [1.165, 1.54) is 5.56 Å². The lowest BCUT2D eigenvalue weighted by Crippen LogP contribution is -2.54. The van der Waals surface area contributed by atoms with E-state index in [1.807, 2.05) is 19.1 Å². The van der Waals surface area contributed by atoms with Crippen LogP contribution in [0.5, 0.6) is 5.75 Å². The number of hydrogen-bond donors (Lipinski definition) is 2. The third-order valence-electron chi connectivity index (χ3n) is 3.82. The van der Waals surface area contributed by atoms with Crippen molar-refractivity contribution in [3.63, 3.8) is 0 Å². The fourth-order valence-electron chi connectivity index (χ4n) is 2.71. The van der Waals surface area contributed by atoms with Crippen molar-refractivity contribution in [2.24, 2.45) is 5.73 Å². The van der Waals surface area contributed by atoms with Gasteiger partial charge in [0, 0.05) is 24.5 Å². The quantitative estimate of drug-likeness (QED) is 0.868. The Hall–Kier alpha value is -0.770. The minimum absolute atomic E-state index is 0. The van der Waals surface area contributed by atoms with Gasteiger partial charge in [0.1, 0.15) is 5.75 Å². The molecule has 1 aliphatic carbocycles. The fraction of sp³-hybridized carbons (Fsp3) is 0.571. The highest BCUT2D eigenvalue weighted by Crippen LogP contribution is 2.38. The summed E-state index contributed by atoms with van der Waals surface area (Å²) in [5, 5.41) is 9.60. The molecule has 0 saturated heterocycles. The molecule has 1 aromatic rings. The summed E-state index contributed by atoms with van der Waals surface area (Å²) in [5.74, 6) is 0.305. The van der Waals surface area contributed by atoms with Crippen LogP contribution in [0.25, 0.3) is 0 Å². The maximum atomic E-state index is 9.60. The average molecular weight is 272 g/mol. The van der Waals surface area contributed by atoms with Gasteiger partial charge in [-0.3, -0.25) is 0 Å². The highest BCUT2D eigenvalue weighted by molar-refractivity contribution is 5.85. The van der Waals surface area contributed by atoms with Gasteiger partial charge in [-0.15, -0.1) is 12.4 Å². The van der Waals surface area contributed by atoms with E-state index in [9.17, 15) is 5.11 Å². The second kappa shape index (κ2) is 5.47. The van der Waals surface area contributed by atoms with Crippen LogP contribution in [0.3, 0.4) is 0 Å². The molecule has 0 unspecified atom stereocenters. The van der Waals surface area contributed by atoms with E-state index in [0.717, 1.165) is 12.0 Å². The number of rotatable bonds is 2. The molecule has 3 N–H and O–H groups in total. The van der Waals surface area contributed by atoms with Crippen LogP contribution >= 0.6 is 12.4 Å². The predicted molar refractivity (Wildman–Crippen MR) is 75.5 cm³/mol. The van der Waals surface area contributed by atoms with E-state index < -0.39 is 0 Å². The summed E-state index contributed by atoms with van der Waals surface area (Å²) in [7, 11) is 0. The van der Waals surface area contributed by atoms with Gasteiger partial charge < -0.3 is 15.6 Å². The molecule has 0 fully saturated rings. The third-order valence-corrected chi connectivity index (χ3v) is 3.82. The van der Waals surface area contributed by atoms with Crippen LogP contribution < -0.4 is 5.73 Å². The molecule has 0 saturated carbocycles. The van der Waals surface area contributed by atoms with Crippen LogP contribution in [0.2, 0.25) is 0 Å². The van der Waals surface area contributed by atoms with Crippen LogP contribution in [-0.4, -0.2) is 23.9 Å². The fourth-order valence-corrected chi connectivity index (χ4v) is 2.71. The smallest absolute Gasteiger partial charge is 0.115 e. The first-order chi connectivity index (χ1) is 7.96. The van der Waals surface area contributed by atoms with Crippen molar-refractivity contribution in [1.29, 1.82) is 0 Å². The lowest BCUT2D eigenvalue weighted by atomic mass is 9.68. The number of halogens is 1. The molecule has 0 amide bonds. The number of benzene rings is 1. The summed E-state index contributed by atoms with van der Waals surface area (Å²) in [6.07, 6.45) is 0.890. The molecule has 0 aliphatic heterocycles. The Labute approximate surface area is 115 Å². The number of aromatic hydroxyl groups is 1. The number of ether oxygens (including phenoxy) is 1. The predicted octanol–water partition coefficient (Wildman–Crippen LogP) is 2.38. The van der Waals surface area contributed by atoms with Crippen LogP contribution in [0.15, 0.2) is 18.2 Å². The molecule has 102 valence electrons. The molecule has 18 heavy (non-hydrogen) atoms. The lowest BCUT2D eigenvalue weighted by Gasteiger charge is -2.43. The van der Waals surface area contributed by atoms with Crippen molar-refractivity contribution in [2.75, 3.05) is 6.61 Å². The molecular weight excluding hydrogens is 250 g/mol. The molecule has 0 spiro atoms. The van der Waals surface area contributed by atoms with Crippen LogP contribution in [0.4, 0.5) is 0 Å². The summed E-state index contributed by atoms with van der Waals surface area (Å²) in [4.78, 5) is 0. The average Bonchev–Trinajstić information content (AvgIpc) is 2.28. The monoisotopic (exact) mass is 271 g/mol. The second-order valence-corrected chi connectivity index (χ2v) is 5.29. The van der Waals surface area contributed by atoms with E-state index in [2.05, 4.69) is 13.8 Å². The maximum Gasteiger partial charge on any atom is 0.115 e. The van der Waals surface area contributed by atoms with Crippen molar-refractivity contribution in [1.82, 2.24) is 0 Å². The second-order valence-electron chi connectivity index (χ2n) is 5.29. The third kappa shape index (κ3) is 2.48. The highest BCUT2D eigenvalue weighted by Gasteiger charge is 2.40. The Bertz CT molecular complexity index is 420. The molecule has 0 aromatic heterocycles. The molecule has 2 atom stereocenters. The standard InChI is InChI=1S/C14H21NO2.ClH/c1-4-17-12-7-9-5-6-10(16)8-11(9)14(2,3)13(12)15;/h5-6,8,12-13,16H,4,7,15H2,1-3H3;1H/t12-,13+;/m1./s1. The van der Waals surface area contributed by atoms with Crippen molar-refractivity contribution < 1.29 is 9.84 Å². The molecule has 0 radical (unpaired) electrons. The summed E-state index contributed by atoms with van der Waals surface area (Å²) in [6, 6.07) is 5.49. The van der Waals surface area contributed by atoms with Crippen molar-refractivity contribution in [3.05, 3.63) is 29.3 Å². The van der Waals surface area contributed by atoms with Gasteiger partial charge in [0.05, 0.1) is 6.10 Å². The Kier molecular flexibility index (Phi) is 4.65. The molecular formula is C14H22ClNO2. The van der Waals surface area contributed by atoms with E-state index in [0.29, 0.717) is 12.4 Å². The first kappa shape index (κ1) is 15.3. The Morgan fingerprint density at radius 3 is 2.72 bits per heavy atom. The highest BCUT2D eigenvalue weighted by atomic mass is 35.5. The zero-order valence-corrected chi connectivity index (χ0v) is 12.0. The zero-order valence-electron chi connectivity index (χ0n) is 11.1. The minimum Gasteiger partial charge on any atom is -0.508 e. The van der Waals surface area contributed by atoms with Gasteiger partial charge in [-0.2, -0.15) is 0 Å². The lowest BCUT2D eigenvalue weighted by molar-refractivity contribution is 0.0201. The summed E-state index contributed by atoms with van der Waals surface area (Å²) in [5.41, 5.74) is 8.50. The molecule has 4 heteroatoms. The molecule has 1 aromatic carbocycles. The molecule has 1 aliphatic rings. The number of phenols is 1. The maximum absolute atomic E-state index is 9.60. The number of phenolic OH excluding ortho intramolecular Hbond substituents is 1. The Morgan fingerprint density at radius 2 is 2.11 bits per heavy atom. The first-order valence-corrected chi connectivity index (χ1v) is 6.16. The summed E-state index contributed by atoms with van der Waals surface area (Å²) in [6.45, 7) is 6.90. The van der Waals surface area contributed by atoms with Crippen molar-refractivity contribution >= 4 is 12.4 Å². The molecule has 2 rings (SSSR count).